The molecule has 0 heterocycles. The third-order valence-corrected chi connectivity index (χ3v) is 1.42. The van der Waals surface area contributed by atoms with Crippen LogP contribution in [0.1, 0.15) is 27.7 Å². The van der Waals surface area contributed by atoms with E-state index < -0.39 is 11.2 Å². The molecule has 0 saturated carbocycles. The van der Waals surface area contributed by atoms with Gasteiger partial charge in [-0.15, -0.1) is 0 Å². The molecule has 0 aromatic rings. The summed E-state index contributed by atoms with van der Waals surface area (Å²) in [6.45, 7) is 6.69. The van der Waals surface area contributed by atoms with E-state index in [-0.39, 0.29) is 0 Å². The topological polar surface area (TPSA) is 40.5 Å². The predicted octanol–water partition coefficient (Wildman–Crippen LogP) is 0.733. The summed E-state index contributed by atoms with van der Waals surface area (Å²) in [4.78, 5) is 0. The Hall–Kier alpha value is -0.0800. The maximum Gasteiger partial charge on any atom is 0.164 e. The van der Waals surface area contributed by atoms with Crippen LogP contribution in [0.3, 0.4) is 0 Å². The van der Waals surface area contributed by atoms with Crippen molar-refractivity contribution in [1.82, 2.24) is 0 Å². The van der Waals surface area contributed by atoms with E-state index in [9.17, 15) is 0 Å². The molecule has 0 unspecified atom stereocenters. The fourth-order valence-electron chi connectivity index (χ4n) is 0. The van der Waals surface area contributed by atoms with Gasteiger partial charge in [-0.1, -0.05) is 20.8 Å². The standard InChI is InChI=1S/C6H14O2/c1-5(2,3)6(4,7)8/h7-8H,1-4H3. The third-order valence-electron chi connectivity index (χ3n) is 1.42. The van der Waals surface area contributed by atoms with Crippen LogP contribution in [0.25, 0.3) is 0 Å². The maximum absolute atomic E-state index is 8.91. The highest BCUT2D eigenvalue weighted by Gasteiger charge is 2.32. The molecule has 0 aliphatic heterocycles. The minimum Gasteiger partial charge on any atom is -0.365 e. The molecule has 0 atom stereocenters. The smallest absolute Gasteiger partial charge is 0.164 e. The van der Waals surface area contributed by atoms with Gasteiger partial charge in [-0.2, -0.15) is 0 Å². The van der Waals surface area contributed by atoms with Crippen LogP contribution >= 0.6 is 0 Å². The van der Waals surface area contributed by atoms with E-state index in [0.29, 0.717) is 0 Å². The van der Waals surface area contributed by atoms with Crippen LogP contribution in [-0.2, 0) is 0 Å². The van der Waals surface area contributed by atoms with Gasteiger partial charge in [0.2, 0.25) is 0 Å². The van der Waals surface area contributed by atoms with Crippen LogP contribution in [0.4, 0.5) is 0 Å². The molecule has 2 nitrogen and oxygen atoms in total. The van der Waals surface area contributed by atoms with E-state index in [0.717, 1.165) is 0 Å². The lowest BCUT2D eigenvalue weighted by atomic mass is 9.87. The predicted molar refractivity (Wildman–Crippen MR) is 32.3 cm³/mol. The molecule has 0 fully saturated rings. The lowest BCUT2D eigenvalue weighted by Crippen LogP contribution is -2.39. The molecule has 50 valence electrons. The van der Waals surface area contributed by atoms with Crippen LogP contribution in [-0.4, -0.2) is 16.0 Å². The second-order valence-electron chi connectivity index (χ2n) is 3.27. The zero-order chi connectivity index (χ0) is 7.00. The number of hydrogen-bond acceptors (Lipinski definition) is 2. The zero-order valence-corrected chi connectivity index (χ0v) is 5.89. The van der Waals surface area contributed by atoms with Gasteiger partial charge in [-0.25, -0.2) is 0 Å². The van der Waals surface area contributed by atoms with Crippen molar-refractivity contribution in [3.8, 4) is 0 Å². The van der Waals surface area contributed by atoms with E-state index in [1.807, 2.05) is 0 Å². The fourth-order valence-corrected chi connectivity index (χ4v) is 0. The quantitative estimate of drug-likeness (QED) is 0.460. The Labute approximate surface area is 50.2 Å². The largest absolute Gasteiger partial charge is 0.365 e. The molecule has 0 spiro atoms. The van der Waals surface area contributed by atoms with Crippen molar-refractivity contribution in [3.63, 3.8) is 0 Å². The number of aliphatic hydroxyl groups is 2. The summed E-state index contributed by atoms with van der Waals surface area (Å²) >= 11 is 0. The molecule has 0 aliphatic carbocycles. The van der Waals surface area contributed by atoms with Gasteiger partial charge >= 0.3 is 0 Å². The second kappa shape index (κ2) is 1.71. The van der Waals surface area contributed by atoms with Crippen LogP contribution in [0.15, 0.2) is 0 Å². The summed E-state index contributed by atoms with van der Waals surface area (Å²) < 4.78 is 0. The zero-order valence-electron chi connectivity index (χ0n) is 5.89. The average Bonchev–Trinajstić information content (AvgIpc) is 1.25. The molecule has 0 radical (unpaired) electrons. The van der Waals surface area contributed by atoms with Crippen molar-refractivity contribution in [2.75, 3.05) is 0 Å². The van der Waals surface area contributed by atoms with Crippen molar-refractivity contribution in [2.24, 2.45) is 5.41 Å². The molecule has 0 amide bonds. The summed E-state index contributed by atoms with van der Waals surface area (Å²) in [5.41, 5.74) is -0.451. The Bertz CT molecular complexity index is 61.5. The van der Waals surface area contributed by atoms with E-state index in [2.05, 4.69) is 0 Å². The highest BCUT2D eigenvalue weighted by atomic mass is 16.5. The second-order valence-corrected chi connectivity index (χ2v) is 3.27. The minimum absolute atomic E-state index is 0.451. The maximum atomic E-state index is 8.91. The molecule has 0 aliphatic rings. The lowest BCUT2D eigenvalue weighted by Gasteiger charge is -2.31. The molecule has 0 aromatic carbocycles. The SMILES string of the molecule is CC(C)(C)C(C)(O)O. The molecule has 0 aromatic heterocycles. The Morgan fingerprint density at radius 2 is 1.00 bits per heavy atom. The first-order valence-electron chi connectivity index (χ1n) is 2.70. The first kappa shape index (κ1) is 7.92. The van der Waals surface area contributed by atoms with E-state index in [4.69, 9.17) is 10.2 Å². The van der Waals surface area contributed by atoms with Gasteiger partial charge in [0.05, 0.1) is 0 Å². The Morgan fingerprint density at radius 3 is 1.00 bits per heavy atom. The number of hydrogen-bond donors (Lipinski definition) is 2. The molecule has 0 rings (SSSR count). The van der Waals surface area contributed by atoms with Crippen molar-refractivity contribution in [2.45, 2.75) is 33.5 Å². The minimum atomic E-state index is -1.56. The van der Waals surface area contributed by atoms with Gasteiger partial charge < -0.3 is 10.2 Å². The Balaban J connectivity index is 4.02. The summed E-state index contributed by atoms with van der Waals surface area (Å²) in [6.07, 6.45) is 0. The summed E-state index contributed by atoms with van der Waals surface area (Å²) in [5.74, 6) is -1.56. The molecule has 0 saturated heterocycles. The van der Waals surface area contributed by atoms with Gasteiger partial charge in [-0.05, 0) is 6.92 Å². The van der Waals surface area contributed by atoms with Crippen LogP contribution < -0.4 is 0 Å². The Kier molecular flexibility index (Phi) is 1.69. The van der Waals surface area contributed by atoms with Crippen molar-refractivity contribution in [3.05, 3.63) is 0 Å². The molecule has 2 N–H and O–H groups in total. The summed E-state index contributed by atoms with van der Waals surface area (Å²) in [7, 11) is 0. The summed E-state index contributed by atoms with van der Waals surface area (Å²) in [5, 5.41) is 17.8. The van der Waals surface area contributed by atoms with Gasteiger partial charge in [0.15, 0.2) is 5.79 Å². The highest BCUT2D eigenvalue weighted by Crippen LogP contribution is 2.26. The van der Waals surface area contributed by atoms with E-state index in [1.165, 1.54) is 6.92 Å². The summed E-state index contributed by atoms with van der Waals surface area (Å²) in [6, 6.07) is 0. The average molecular weight is 118 g/mol. The van der Waals surface area contributed by atoms with Gasteiger partial charge in [-0.3, -0.25) is 0 Å². The van der Waals surface area contributed by atoms with Crippen molar-refractivity contribution < 1.29 is 10.2 Å². The molecular formula is C6H14O2. The molecule has 0 bridgehead atoms. The van der Waals surface area contributed by atoms with Gasteiger partial charge in [0.1, 0.15) is 0 Å². The van der Waals surface area contributed by atoms with E-state index in [1.54, 1.807) is 20.8 Å². The van der Waals surface area contributed by atoms with Crippen molar-refractivity contribution in [1.29, 1.82) is 0 Å². The number of rotatable bonds is 0. The molecule has 2 heteroatoms. The lowest BCUT2D eigenvalue weighted by molar-refractivity contribution is -0.212. The monoisotopic (exact) mass is 118 g/mol. The Morgan fingerprint density at radius 1 is 0.875 bits per heavy atom. The molecule has 8 heavy (non-hydrogen) atoms. The van der Waals surface area contributed by atoms with Crippen molar-refractivity contribution >= 4 is 0 Å². The van der Waals surface area contributed by atoms with Gasteiger partial charge in [0, 0.05) is 5.41 Å². The van der Waals surface area contributed by atoms with Crippen LogP contribution in [0.2, 0.25) is 0 Å². The van der Waals surface area contributed by atoms with Gasteiger partial charge in [0.25, 0.3) is 0 Å². The first-order chi connectivity index (χ1) is 3.25. The third kappa shape index (κ3) is 1.80. The van der Waals surface area contributed by atoms with Crippen LogP contribution in [0.5, 0.6) is 0 Å². The highest BCUT2D eigenvalue weighted by molar-refractivity contribution is 4.74. The van der Waals surface area contributed by atoms with Crippen LogP contribution in [0, 0.1) is 5.41 Å². The molecular weight excluding hydrogens is 104 g/mol. The normalized spacial score (nSPS) is 14.2. The first-order valence-corrected chi connectivity index (χ1v) is 2.70. The van der Waals surface area contributed by atoms with E-state index >= 15 is 0 Å². The fraction of sp³-hybridized carbons (Fsp3) is 1.00.